The molecule has 2 aromatic carbocycles. The zero-order chi connectivity index (χ0) is 13.0. The van der Waals surface area contributed by atoms with Crippen LogP contribution < -0.4 is 10.5 Å². The Morgan fingerprint density at radius 3 is 2.50 bits per heavy atom. The molecule has 0 aliphatic heterocycles. The number of nitrogens with two attached hydrogens (primary N) is 1. The number of methoxy groups -OCH3 is 1. The van der Waals surface area contributed by atoms with E-state index in [1.165, 1.54) is 5.56 Å². The van der Waals surface area contributed by atoms with Gasteiger partial charge in [0.05, 0.1) is 7.11 Å². The second-order valence-corrected chi connectivity index (χ2v) is 5.04. The van der Waals surface area contributed by atoms with Crippen molar-refractivity contribution in [3.63, 3.8) is 0 Å². The van der Waals surface area contributed by atoms with Gasteiger partial charge in [-0.1, -0.05) is 52.3 Å². The third-order valence-electron chi connectivity index (χ3n) is 2.91. The van der Waals surface area contributed by atoms with Crippen LogP contribution in [0.25, 0.3) is 0 Å². The van der Waals surface area contributed by atoms with Crippen molar-refractivity contribution in [3.05, 3.63) is 64.1 Å². The molecule has 1 atom stereocenters. The van der Waals surface area contributed by atoms with Crippen LogP contribution in [0.5, 0.6) is 5.75 Å². The van der Waals surface area contributed by atoms with E-state index in [0.29, 0.717) is 0 Å². The molecule has 94 valence electrons. The number of benzene rings is 2. The van der Waals surface area contributed by atoms with Gasteiger partial charge in [0.2, 0.25) is 0 Å². The van der Waals surface area contributed by atoms with Crippen LogP contribution in [-0.2, 0) is 6.42 Å². The van der Waals surface area contributed by atoms with Crippen LogP contribution in [0.4, 0.5) is 0 Å². The Morgan fingerprint density at radius 2 is 1.89 bits per heavy atom. The maximum absolute atomic E-state index is 6.25. The van der Waals surface area contributed by atoms with Crippen LogP contribution in [0.3, 0.4) is 0 Å². The highest BCUT2D eigenvalue weighted by atomic mass is 79.9. The van der Waals surface area contributed by atoms with Crippen LogP contribution in [0.2, 0.25) is 0 Å². The van der Waals surface area contributed by atoms with Crippen LogP contribution in [-0.4, -0.2) is 7.11 Å². The van der Waals surface area contributed by atoms with Crippen LogP contribution >= 0.6 is 15.9 Å². The fraction of sp³-hybridized carbons (Fsp3) is 0.200. The summed E-state index contributed by atoms with van der Waals surface area (Å²) in [5.74, 6) is 0.831. The smallest absolute Gasteiger partial charge is 0.120 e. The molecule has 3 heteroatoms. The van der Waals surface area contributed by atoms with Crippen LogP contribution in [0.15, 0.2) is 53.0 Å². The number of hydrogen-bond acceptors (Lipinski definition) is 2. The monoisotopic (exact) mass is 305 g/mol. The van der Waals surface area contributed by atoms with Crippen LogP contribution in [0.1, 0.15) is 17.2 Å². The minimum absolute atomic E-state index is 0.0207. The Balaban J connectivity index is 2.16. The Labute approximate surface area is 116 Å². The molecule has 2 N–H and O–H groups in total. The van der Waals surface area contributed by atoms with Gasteiger partial charge >= 0.3 is 0 Å². The fourth-order valence-electron chi connectivity index (χ4n) is 1.91. The predicted octanol–water partition coefficient (Wildman–Crippen LogP) is 3.70. The maximum atomic E-state index is 6.25. The van der Waals surface area contributed by atoms with Crippen molar-refractivity contribution in [1.29, 1.82) is 0 Å². The number of ether oxygens (including phenoxy) is 1. The van der Waals surface area contributed by atoms with Gasteiger partial charge in [-0.15, -0.1) is 0 Å². The average molecular weight is 306 g/mol. The van der Waals surface area contributed by atoms with Gasteiger partial charge < -0.3 is 10.5 Å². The van der Waals surface area contributed by atoms with E-state index in [9.17, 15) is 0 Å². The van der Waals surface area contributed by atoms with Crippen molar-refractivity contribution < 1.29 is 4.74 Å². The van der Waals surface area contributed by atoms with Gasteiger partial charge in [-0.05, 0) is 29.7 Å². The first-order valence-corrected chi connectivity index (χ1v) is 6.63. The lowest BCUT2D eigenvalue weighted by atomic mass is 10.00. The normalized spacial score (nSPS) is 12.2. The summed E-state index contributed by atoms with van der Waals surface area (Å²) in [7, 11) is 1.66. The Hall–Kier alpha value is -1.32. The van der Waals surface area contributed by atoms with Crippen molar-refractivity contribution in [2.75, 3.05) is 7.11 Å². The van der Waals surface area contributed by atoms with Gasteiger partial charge in [-0.3, -0.25) is 0 Å². The van der Waals surface area contributed by atoms with E-state index in [1.807, 2.05) is 36.4 Å². The van der Waals surface area contributed by atoms with Gasteiger partial charge in [0, 0.05) is 10.5 Å². The molecule has 0 bridgehead atoms. The molecule has 0 heterocycles. The first-order chi connectivity index (χ1) is 8.70. The average Bonchev–Trinajstić information content (AvgIpc) is 2.39. The van der Waals surface area contributed by atoms with E-state index < -0.39 is 0 Å². The van der Waals surface area contributed by atoms with Gasteiger partial charge in [-0.2, -0.15) is 0 Å². The zero-order valence-corrected chi connectivity index (χ0v) is 11.9. The van der Waals surface area contributed by atoms with E-state index in [2.05, 4.69) is 28.1 Å². The van der Waals surface area contributed by atoms with Crippen molar-refractivity contribution >= 4 is 15.9 Å². The SMILES string of the molecule is COc1ccc(C(N)Cc2ccccc2)c(Br)c1. The predicted molar refractivity (Wildman–Crippen MR) is 77.8 cm³/mol. The van der Waals surface area contributed by atoms with Gasteiger partial charge in [-0.25, -0.2) is 0 Å². The van der Waals surface area contributed by atoms with E-state index in [-0.39, 0.29) is 6.04 Å². The maximum Gasteiger partial charge on any atom is 0.120 e. The first kappa shape index (κ1) is 13.1. The van der Waals surface area contributed by atoms with Gasteiger partial charge in [0.15, 0.2) is 0 Å². The molecule has 2 rings (SSSR count). The third kappa shape index (κ3) is 3.12. The largest absolute Gasteiger partial charge is 0.497 e. The van der Waals surface area contributed by atoms with E-state index >= 15 is 0 Å². The summed E-state index contributed by atoms with van der Waals surface area (Å²) in [5, 5.41) is 0. The van der Waals surface area contributed by atoms with E-state index in [0.717, 1.165) is 22.2 Å². The molecule has 1 unspecified atom stereocenters. The summed E-state index contributed by atoms with van der Waals surface area (Å²) >= 11 is 3.54. The number of halogens is 1. The summed E-state index contributed by atoms with van der Waals surface area (Å²) < 4.78 is 6.17. The third-order valence-corrected chi connectivity index (χ3v) is 3.59. The highest BCUT2D eigenvalue weighted by Gasteiger charge is 2.11. The Morgan fingerprint density at radius 1 is 1.17 bits per heavy atom. The minimum atomic E-state index is -0.0207. The van der Waals surface area contributed by atoms with Crippen molar-refractivity contribution in [1.82, 2.24) is 0 Å². The highest BCUT2D eigenvalue weighted by Crippen LogP contribution is 2.28. The quantitative estimate of drug-likeness (QED) is 0.935. The van der Waals surface area contributed by atoms with Crippen molar-refractivity contribution in [2.45, 2.75) is 12.5 Å². The molecule has 0 saturated carbocycles. The molecule has 2 nitrogen and oxygen atoms in total. The molecule has 0 amide bonds. The molecule has 0 saturated heterocycles. The summed E-state index contributed by atoms with van der Waals surface area (Å²) in [5.41, 5.74) is 8.59. The van der Waals surface area contributed by atoms with Crippen LogP contribution in [0, 0.1) is 0 Å². The van der Waals surface area contributed by atoms with Gasteiger partial charge in [0.1, 0.15) is 5.75 Å². The first-order valence-electron chi connectivity index (χ1n) is 5.83. The second kappa shape index (κ2) is 6.03. The summed E-state index contributed by atoms with van der Waals surface area (Å²) in [4.78, 5) is 0. The molecule has 18 heavy (non-hydrogen) atoms. The second-order valence-electron chi connectivity index (χ2n) is 4.18. The minimum Gasteiger partial charge on any atom is -0.497 e. The Bertz CT molecular complexity index is 513. The topological polar surface area (TPSA) is 35.2 Å². The summed E-state index contributed by atoms with van der Waals surface area (Å²) in [6.07, 6.45) is 0.825. The van der Waals surface area contributed by atoms with Gasteiger partial charge in [0.25, 0.3) is 0 Å². The number of rotatable bonds is 4. The molecule has 0 fully saturated rings. The molecule has 0 aliphatic carbocycles. The molecule has 0 radical (unpaired) electrons. The molecule has 0 aliphatic rings. The van der Waals surface area contributed by atoms with Crippen molar-refractivity contribution in [3.8, 4) is 5.75 Å². The molecule has 0 aromatic heterocycles. The molecular weight excluding hydrogens is 290 g/mol. The highest BCUT2D eigenvalue weighted by molar-refractivity contribution is 9.10. The fourth-order valence-corrected chi connectivity index (χ4v) is 2.57. The molecular formula is C15H16BrNO. The molecule has 0 spiro atoms. The van der Waals surface area contributed by atoms with E-state index in [4.69, 9.17) is 10.5 Å². The standard InChI is InChI=1S/C15H16BrNO/c1-18-12-7-8-13(14(16)10-12)15(17)9-11-5-3-2-4-6-11/h2-8,10,15H,9,17H2,1H3. The Kier molecular flexibility index (Phi) is 4.39. The molecule has 2 aromatic rings. The van der Waals surface area contributed by atoms with E-state index in [1.54, 1.807) is 7.11 Å². The lowest BCUT2D eigenvalue weighted by Gasteiger charge is -2.15. The number of hydrogen-bond donors (Lipinski definition) is 1. The lowest BCUT2D eigenvalue weighted by molar-refractivity contribution is 0.414. The summed E-state index contributed by atoms with van der Waals surface area (Å²) in [6, 6.07) is 16.1. The lowest BCUT2D eigenvalue weighted by Crippen LogP contribution is -2.13. The van der Waals surface area contributed by atoms with Crippen molar-refractivity contribution in [2.24, 2.45) is 5.73 Å². The summed E-state index contributed by atoms with van der Waals surface area (Å²) in [6.45, 7) is 0. The zero-order valence-electron chi connectivity index (χ0n) is 10.3.